The molecule has 1 aromatic rings. The fourth-order valence-corrected chi connectivity index (χ4v) is 1.05. The van der Waals surface area contributed by atoms with E-state index in [4.69, 9.17) is 0 Å². The van der Waals surface area contributed by atoms with Crippen molar-refractivity contribution in [2.75, 3.05) is 7.05 Å². The lowest BCUT2D eigenvalue weighted by atomic mass is 10.3. The van der Waals surface area contributed by atoms with Crippen molar-refractivity contribution in [1.82, 2.24) is 9.88 Å². The van der Waals surface area contributed by atoms with Gasteiger partial charge < -0.3 is 9.88 Å². The lowest BCUT2D eigenvalue weighted by Crippen LogP contribution is -2.30. The number of likely N-dealkylation sites (N-methyl/N-ethyl adjacent to an activating group) is 1. The van der Waals surface area contributed by atoms with Crippen LogP contribution in [0, 0.1) is 6.92 Å². The average molecular weight is 180 g/mol. The van der Waals surface area contributed by atoms with Gasteiger partial charge in [0.1, 0.15) is 6.54 Å². The van der Waals surface area contributed by atoms with Crippen LogP contribution >= 0.6 is 0 Å². The van der Waals surface area contributed by atoms with E-state index in [9.17, 15) is 9.59 Å². The summed E-state index contributed by atoms with van der Waals surface area (Å²) in [5.41, 5.74) is 0.639. The van der Waals surface area contributed by atoms with Crippen molar-refractivity contribution in [3.05, 3.63) is 34.2 Å². The summed E-state index contributed by atoms with van der Waals surface area (Å²) in [6.07, 6.45) is 0. The molecule has 13 heavy (non-hydrogen) atoms. The summed E-state index contributed by atoms with van der Waals surface area (Å²) in [7, 11) is 1.55. The van der Waals surface area contributed by atoms with Crippen molar-refractivity contribution in [2.45, 2.75) is 13.5 Å². The van der Waals surface area contributed by atoms with E-state index in [1.54, 1.807) is 26.1 Å². The third kappa shape index (κ3) is 2.18. The normalized spacial score (nSPS) is 9.69. The molecule has 70 valence electrons. The molecule has 0 atom stereocenters. The molecule has 1 N–H and O–H groups in total. The first-order chi connectivity index (χ1) is 6.15. The van der Waals surface area contributed by atoms with Crippen molar-refractivity contribution >= 4 is 5.91 Å². The maximum atomic E-state index is 11.3. The number of pyridine rings is 1. The summed E-state index contributed by atoms with van der Waals surface area (Å²) >= 11 is 0. The zero-order chi connectivity index (χ0) is 9.84. The molecule has 0 fully saturated rings. The molecule has 0 saturated carbocycles. The maximum Gasteiger partial charge on any atom is 0.251 e. The molecule has 0 aliphatic carbocycles. The summed E-state index contributed by atoms with van der Waals surface area (Å²) in [6.45, 7) is 1.88. The molecule has 0 unspecified atom stereocenters. The number of hydrogen-bond acceptors (Lipinski definition) is 2. The molecule has 0 aliphatic heterocycles. The van der Waals surface area contributed by atoms with Crippen molar-refractivity contribution in [2.24, 2.45) is 0 Å². The number of hydrogen-bond donors (Lipinski definition) is 1. The second-order valence-corrected chi connectivity index (χ2v) is 2.76. The first-order valence-electron chi connectivity index (χ1n) is 4.02. The smallest absolute Gasteiger partial charge is 0.251 e. The molecule has 1 aromatic heterocycles. The van der Waals surface area contributed by atoms with Crippen LogP contribution < -0.4 is 10.9 Å². The molecule has 0 spiro atoms. The van der Waals surface area contributed by atoms with Gasteiger partial charge in [-0.1, -0.05) is 6.07 Å². The lowest BCUT2D eigenvalue weighted by Gasteiger charge is -2.07. The number of carbonyl (C=O) groups excluding carboxylic acids is 1. The number of nitrogens with zero attached hydrogens (tertiary/aromatic N) is 1. The van der Waals surface area contributed by atoms with Gasteiger partial charge in [-0.3, -0.25) is 9.59 Å². The van der Waals surface area contributed by atoms with Gasteiger partial charge in [-0.05, 0) is 13.0 Å². The highest BCUT2D eigenvalue weighted by Crippen LogP contribution is 1.92. The van der Waals surface area contributed by atoms with E-state index >= 15 is 0 Å². The van der Waals surface area contributed by atoms with E-state index in [-0.39, 0.29) is 18.0 Å². The topological polar surface area (TPSA) is 51.1 Å². The van der Waals surface area contributed by atoms with Crippen LogP contribution in [0.1, 0.15) is 5.69 Å². The van der Waals surface area contributed by atoms with Gasteiger partial charge in [0, 0.05) is 18.8 Å². The number of amides is 1. The largest absolute Gasteiger partial charge is 0.358 e. The van der Waals surface area contributed by atoms with Crippen LogP contribution in [0.3, 0.4) is 0 Å². The van der Waals surface area contributed by atoms with Crippen LogP contribution in [0.25, 0.3) is 0 Å². The molecule has 1 rings (SSSR count). The van der Waals surface area contributed by atoms with E-state index in [2.05, 4.69) is 5.32 Å². The van der Waals surface area contributed by atoms with Crippen molar-refractivity contribution in [1.29, 1.82) is 0 Å². The number of carbonyl (C=O) groups is 1. The number of nitrogens with one attached hydrogen (secondary N) is 1. The number of aryl methyl sites for hydroxylation is 1. The van der Waals surface area contributed by atoms with Gasteiger partial charge in [-0.25, -0.2) is 0 Å². The quantitative estimate of drug-likeness (QED) is 0.691. The molecule has 0 aromatic carbocycles. The third-order valence-corrected chi connectivity index (χ3v) is 1.85. The molecule has 1 heterocycles. The highest BCUT2D eigenvalue weighted by Gasteiger charge is 2.03. The van der Waals surface area contributed by atoms with E-state index in [1.807, 2.05) is 0 Å². The molecule has 0 bridgehead atoms. The van der Waals surface area contributed by atoms with E-state index < -0.39 is 0 Å². The summed E-state index contributed by atoms with van der Waals surface area (Å²) in [5.74, 6) is -0.170. The Bertz CT molecular complexity index is 368. The summed E-state index contributed by atoms with van der Waals surface area (Å²) < 4.78 is 1.43. The van der Waals surface area contributed by atoms with Crippen molar-refractivity contribution in [3.63, 3.8) is 0 Å². The molecular formula is C9H12N2O2. The molecule has 4 nitrogen and oxygen atoms in total. The van der Waals surface area contributed by atoms with Crippen LogP contribution in [0.15, 0.2) is 23.0 Å². The Morgan fingerprint density at radius 3 is 2.77 bits per heavy atom. The second-order valence-electron chi connectivity index (χ2n) is 2.76. The van der Waals surface area contributed by atoms with Crippen molar-refractivity contribution in [3.8, 4) is 0 Å². The Balaban J connectivity index is 3.00. The van der Waals surface area contributed by atoms with E-state index in [0.29, 0.717) is 0 Å². The molecule has 1 amide bonds. The summed E-state index contributed by atoms with van der Waals surface area (Å²) in [4.78, 5) is 22.3. The Kier molecular flexibility index (Phi) is 2.84. The summed E-state index contributed by atoms with van der Waals surface area (Å²) in [6, 6.07) is 4.91. The first-order valence-corrected chi connectivity index (χ1v) is 4.02. The predicted octanol–water partition coefficient (Wildman–Crippen LogP) is -0.0973. The highest BCUT2D eigenvalue weighted by atomic mass is 16.2. The van der Waals surface area contributed by atoms with E-state index in [0.717, 1.165) is 5.69 Å². The van der Waals surface area contributed by atoms with Crippen LogP contribution in [0.5, 0.6) is 0 Å². The third-order valence-electron chi connectivity index (χ3n) is 1.85. The molecule has 4 heteroatoms. The second kappa shape index (κ2) is 3.89. The Hall–Kier alpha value is -1.58. The zero-order valence-electron chi connectivity index (χ0n) is 7.70. The Labute approximate surface area is 76.2 Å². The van der Waals surface area contributed by atoms with Crippen LogP contribution in [0.4, 0.5) is 0 Å². The number of aromatic nitrogens is 1. The minimum Gasteiger partial charge on any atom is -0.358 e. The molecule has 0 radical (unpaired) electrons. The number of rotatable bonds is 2. The monoisotopic (exact) mass is 180 g/mol. The predicted molar refractivity (Wildman–Crippen MR) is 49.5 cm³/mol. The van der Waals surface area contributed by atoms with Crippen LogP contribution in [-0.2, 0) is 11.3 Å². The minimum absolute atomic E-state index is 0.0853. The molecule has 0 saturated heterocycles. The minimum atomic E-state index is -0.170. The SMILES string of the molecule is CNC(=O)Cn1c(C)cccc1=O. The summed E-state index contributed by atoms with van der Waals surface area (Å²) in [5, 5.41) is 2.47. The highest BCUT2D eigenvalue weighted by molar-refractivity contribution is 5.75. The maximum absolute atomic E-state index is 11.3. The molecular weight excluding hydrogens is 168 g/mol. The standard InChI is InChI=1S/C9H12N2O2/c1-7-4-3-5-9(13)11(7)6-8(12)10-2/h3-5H,6H2,1-2H3,(H,10,12). The Morgan fingerprint density at radius 1 is 1.54 bits per heavy atom. The van der Waals surface area contributed by atoms with E-state index in [1.165, 1.54) is 10.6 Å². The lowest BCUT2D eigenvalue weighted by molar-refractivity contribution is -0.121. The van der Waals surface area contributed by atoms with Crippen LogP contribution in [-0.4, -0.2) is 17.5 Å². The fraction of sp³-hybridized carbons (Fsp3) is 0.333. The van der Waals surface area contributed by atoms with Gasteiger partial charge in [-0.2, -0.15) is 0 Å². The average Bonchev–Trinajstić information content (AvgIpc) is 2.11. The van der Waals surface area contributed by atoms with Gasteiger partial charge in [0.15, 0.2) is 0 Å². The van der Waals surface area contributed by atoms with Crippen molar-refractivity contribution < 1.29 is 4.79 Å². The van der Waals surface area contributed by atoms with Crippen LogP contribution in [0.2, 0.25) is 0 Å². The Morgan fingerprint density at radius 2 is 2.23 bits per heavy atom. The van der Waals surface area contributed by atoms with Gasteiger partial charge in [-0.15, -0.1) is 0 Å². The van der Waals surface area contributed by atoms with Gasteiger partial charge in [0.2, 0.25) is 5.91 Å². The van der Waals surface area contributed by atoms with Gasteiger partial charge >= 0.3 is 0 Å². The van der Waals surface area contributed by atoms with Gasteiger partial charge in [0.05, 0.1) is 0 Å². The van der Waals surface area contributed by atoms with Gasteiger partial charge in [0.25, 0.3) is 5.56 Å². The first kappa shape index (κ1) is 9.51. The fourth-order valence-electron chi connectivity index (χ4n) is 1.05. The molecule has 0 aliphatic rings. The zero-order valence-corrected chi connectivity index (χ0v) is 7.70.